The highest BCUT2D eigenvalue weighted by molar-refractivity contribution is 7.92. The third-order valence-corrected chi connectivity index (χ3v) is 8.18. The van der Waals surface area contributed by atoms with Crippen molar-refractivity contribution >= 4 is 20.1 Å². The molecule has 0 bridgehead atoms. The first-order chi connectivity index (χ1) is 21.9. The number of sulfonamides is 1. The van der Waals surface area contributed by atoms with Gasteiger partial charge < -0.3 is 4.74 Å². The molecule has 0 heterocycles. The van der Waals surface area contributed by atoms with Gasteiger partial charge in [-0.05, 0) is 0 Å². The molecule has 0 aliphatic heterocycles. The van der Waals surface area contributed by atoms with Crippen molar-refractivity contribution in [1.82, 2.24) is 4.72 Å². The van der Waals surface area contributed by atoms with E-state index in [1.165, 1.54) is 0 Å². The van der Waals surface area contributed by atoms with E-state index in [0.29, 0.717) is 0 Å². The molecule has 2 N–H and O–H groups in total. The van der Waals surface area contributed by atoms with Crippen LogP contribution in [0.3, 0.4) is 0 Å². The number of hydrogen-bond donors (Lipinski definition) is 2. The maximum Gasteiger partial charge on any atom is 0.463 e. The van der Waals surface area contributed by atoms with Gasteiger partial charge in [0.25, 0.3) is 10.0 Å². The lowest BCUT2D eigenvalue weighted by Gasteiger charge is -2.41. The van der Waals surface area contributed by atoms with Crippen LogP contribution in [-0.4, -0.2) is 74.3 Å². The van der Waals surface area contributed by atoms with E-state index >= 15 is 0 Å². The summed E-state index contributed by atoms with van der Waals surface area (Å²) in [7, 11) is -16.0. The van der Waals surface area contributed by atoms with E-state index in [-0.39, 0.29) is 0 Å². The molecule has 0 aliphatic carbocycles. The Labute approximate surface area is 260 Å². The highest BCUT2D eigenvalue weighted by Gasteiger charge is 2.94. The van der Waals surface area contributed by atoms with Crippen LogP contribution < -0.4 is 4.72 Å². The molecule has 0 fully saturated rings. The lowest BCUT2D eigenvalue weighted by atomic mass is 9.91. The molecular weight excluding hydrogens is 853 g/mol. The zero-order valence-electron chi connectivity index (χ0n) is 21.8. The molecule has 1 rings (SSSR count). The summed E-state index contributed by atoms with van der Waals surface area (Å²) >= 11 is 0. The molecule has 0 spiro atoms. The van der Waals surface area contributed by atoms with Gasteiger partial charge >= 0.3 is 69.1 Å². The van der Waals surface area contributed by atoms with Crippen LogP contribution in [0.2, 0.25) is 0 Å². The molecule has 0 aliphatic rings. The van der Waals surface area contributed by atoms with Gasteiger partial charge in [-0.15, -0.1) is 4.72 Å². The molecular formula is C17H2F25NO6S2. The molecule has 34 heteroatoms. The van der Waals surface area contributed by atoms with Crippen LogP contribution in [0.15, 0.2) is 16.7 Å². The van der Waals surface area contributed by atoms with E-state index in [1.807, 2.05) is 0 Å². The second-order valence-corrected chi connectivity index (χ2v) is 11.9. The zero-order chi connectivity index (χ0) is 41.5. The quantitative estimate of drug-likeness (QED) is 0.0573. The van der Waals surface area contributed by atoms with Crippen LogP contribution in [0.4, 0.5) is 110 Å². The Balaban J connectivity index is 4.14. The van der Waals surface area contributed by atoms with Crippen molar-refractivity contribution in [1.29, 1.82) is 0 Å². The highest BCUT2D eigenvalue weighted by atomic mass is 32.2. The predicted molar refractivity (Wildman–Crippen MR) is 103 cm³/mol. The Hall–Kier alpha value is -3.17. The summed E-state index contributed by atoms with van der Waals surface area (Å²) in [5.74, 6) is -77.7. The van der Waals surface area contributed by atoms with Gasteiger partial charge in [-0.2, -0.15) is 96.2 Å². The summed E-state index contributed by atoms with van der Waals surface area (Å²) in [6.07, 6.45) is -16.0. The minimum atomic E-state index is -9.28. The van der Waals surface area contributed by atoms with Crippen LogP contribution in [0.25, 0.3) is 0 Å². The van der Waals surface area contributed by atoms with Crippen molar-refractivity contribution in [3.63, 3.8) is 0 Å². The predicted octanol–water partition coefficient (Wildman–Crippen LogP) is 7.26. The van der Waals surface area contributed by atoms with Gasteiger partial charge in [0.2, 0.25) is 11.6 Å². The lowest BCUT2D eigenvalue weighted by Crippen LogP contribution is -2.72. The van der Waals surface area contributed by atoms with Crippen LogP contribution in [0, 0.1) is 29.1 Å². The maximum absolute atomic E-state index is 14.2. The molecule has 51 heavy (non-hydrogen) atoms. The second-order valence-electron chi connectivity index (χ2n) is 8.73. The van der Waals surface area contributed by atoms with Gasteiger partial charge in [0.05, 0.1) is 0 Å². The van der Waals surface area contributed by atoms with E-state index < -0.39 is 124 Å². The molecule has 1 aromatic rings. The number of alkyl halides is 18. The van der Waals surface area contributed by atoms with Crippen molar-refractivity contribution in [3.05, 3.63) is 40.9 Å². The fourth-order valence-corrected chi connectivity index (χ4v) is 5.32. The van der Waals surface area contributed by atoms with E-state index in [9.17, 15) is 127 Å². The molecule has 0 amide bonds. The Morgan fingerprint density at radius 2 is 0.824 bits per heavy atom. The average molecular weight is 855 g/mol. The van der Waals surface area contributed by atoms with Crippen molar-refractivity contribution in [3.8, 4) is 0 Å². The third kappa shape index (κ3) is 6.55. The van der Waals surface area contributed by atoms with E-state index in [0.717, 1.165) is 0 Å². The summed E-state index contributed by atoms with van der Waals surface area (Å²) in [4.78, 5) is -3.72. The first-order valence-corrected chi connectivity index (χ1v) is 13.5. The topological polar surface area (TPSA) is 110 Å². The number of benzene rings is 1. The molecule has 7 nitrogen and oxygen atoms in total. The van der Waals surface area contributed by atoms with Crippen LogP contribution >= 0.6 is 0 Å². The molecule has 1 aromatic carbocycles. The standard InChI is InChI=1S/C17H2F25NO6S2/c18-1-2(19)4(21)6(5(22)3(1)20)50(44,45)43-17(16(40,41)42,51(46,47)48)49-8(24)7(23)9(25,26)10(27,28)11(29,30)12(31,32)13(33,34)14(35,36)15(37,38)39/h43H,(H,46,47,48). The first-order valence-electron chi connectivity index (χ1n) is 10.6. The number of hydrogen-bond acceptors (Lipinski definition) is 5. The van der Waals surface area contributed by atoms with Crippen molar-refractivity contribution < 1.29 is 136 Å². The van der Waals surface area contributed by atoms with Gasteiger partial charge in [-0.1, -0.05) is 0 Å². The molecule has 1 unspecified atom stereocenters. The second kappa shape index (κ2) is 12.5. The zero-order valence-corrected chi connectivity index (χ0v) is 23.4. The average Bonchev–Trinajstić information content (AvgIpc) is 2.91. The Morgan fingerprint density at radius 1 is 0.510 bits per heavy atom. The monoisotopic (exact) mass is 855 g/mol. The lowest BCUT2D eigenvalue weighted by molar-refractivity contribution is -0.451. The fourth-order valence-electron chi connectivity index (χ4n) is 2.84. The van der Waals surface area contributed by atoms with E-state index in [2.05, 4.69) is 4.74 Å². The molecule has 298 valence electrons. The number of halogens is 25. The van der Waals surface area contributed by atoms with Gasteiger partial charge in [0.1, 0.15) is 0 Å². The molecule has 0 radical (unpaired) electrons. The molecule has 1 atom stereocenters. The highest BCUT2D eigenvalue weighted by Crippen LogP contribution is 2.63. The molecule has 0 saturated carbocycles. The SMILES string of the molecule is O=S(=O)(NC(OC(F)=C(F)C(F)(F)C(F)(F)C(F)(F)C(F)(F)C(F)(F)C(F)(F)C(F)(F)F)(C(F)(F)F)S(=O)(=O)O)c1c(F)c(F)c(F)c(F)c1F. The van der Waals surface area contributed by atoms with E-state index in [1.54, 1.807) is 0 Å². The van der Waals surface area contributed by atoms with E-state index in [4.69, 9.17) is 4.55 Å². The minimum absolute atomic E-state index is 1.04. The van der Waals surface area contributed by atoms with Gasteiger partial charge in [-0.3, -0.25) is 4.55 Å². The molecule has 0 saturated heterocycles. The first kappa shape index (κ1) is 45.9. The maximum atomic E-state index is 14.2. The van der Waals surface area contributed by atoms with Crippen LogP contribution in [-0.2, 0) is 24.9 Å². The minimum Gasteiger partial charge on any atom is -0.421 e. The van der Waals surface area contributed by atoms with Gasteiger partial charge in [-0.25, -0.2) is 30.4 Å². The summed E-state index contributed by atoms with van der Waals surface area (Å²) < 4.78 is 393. The summed E-state index contributed by atoms with van der Waals surface area (Å²) in [5.41, 5.74) is 0. The van der Waals surface area contributed by atoms with Gasteiger partial charge in [0.15, 0.2) is 28.2 Å². The fraction of sp³-hybridized carbons (Fsp3) is 0.529. The Kier molecular flexibility index (Phi) is 11.2. The normalized spacial score (nSPS) is 16.9. The number of allylic oxidation sites excluding steroid dienone is 1. The smallest absolute Gasteiger partial charge is 0.421 e. The Bertz CT molecular complexity index is 1770. The molecule has 0 aromatic heterocycles. The van der Waals surface area contributed by atoms with Crippen LogP contribution in [0.1, 0.15) is 0 Å². The summed E-state index contributed by atoms with van der Waals surface area (Å²) in [6.45, 7) is 0. The van der Waals surface area contributed by atoms with Crippen molar-refractivity contribution in [2.75, 3.05) is 0 Å². The largest absolute Gasteiger partial charge is 0.463 e. The number of nitrogens with one attached hydrogen (secondary N) is 1. The van der Waals surface area contributed by atoms with Gasteiger partial charge in [0, 0.05) is 0 Å². The number of ether oxygens (including phenoxy) is 1. The Morgan fingerprint density at radius 3 is 1.14 bits per heavy atom. The van der Waals surface area contributed by atoms with Crippen molar-refractivity contribution in [2.45, 2.75) is 57.8 Å². The summed E-state index contributed by atoms with van der Waals surface area (Å²) in [5, 5.41) is -7.31. The summed E-state index contributed by atoms with van der Waals surface area (Å²) in [6, 6.07) is -5.39. The number of rotatable bonds is 12. The van der Waals surface area contributed by atoms with Crippen molar-refractivity contribution in [2.24, 2.45) is 0 Å². The third-order valence-electron chi connectivity index (χ3n) is 5.45. The van der Waals surface area contributed by atoms with Crippen LogP contribution in [0.5, 0.6) is 0 Å².